The molecule has 13 heteroatoms. The molecule has 3 heterocycles. The first-order valence-corrected chi connectivity index (χ1v) is 17.9. The second-order valence-corrected chi connectivity index (χ2v) is 16.2. The lowest BCUT2D eigenvalue weighted by Gasteiger charge is -2.32. The first kappa shape index (κ1) is 31.8. The molecule has 0 saturated carbocycles. The third-order valence-corrected chi connectivity index (χ3v) is 11.2. The summed E-state index contributed by atoms with van der Waals surface area (Å²) < 4.78 is 14.2. The molecule has 3 aromatic rings. The molecule has 236 valence electrons. The van der Waals surface area contributed by atoms with Crippen molar-refractivity contribution in [3.05, 3.63) is 65.5 Å². The second-order valence-electron chi connectivity index (χ2n) is 12.2. The van der Waals surface area contributed by atoms with Gasteiger partial charge >= 0.3 is 0 Å². The average molecular weight is 624 g/mol. The van der Waals surface area contributed by atoms with Crippen molar-refractivity contribution in [3.8, 4) is 5.75 Å². The van der Waals surface area contributed by atoms with Crippen LogP contribution in [0.15, 0.2) is 48.7 Å². The number of rotatable bonds is 11. The highest BCUT2D eigenvalue weighted by molar-refractivity contribution is 6.71. The van der Waals surface area contributed by atoms with Gasteiger partial charge in [0.25, 0.3) is 11.8 Å². The Hall–Kier alpha value is -3.62. The number of nitrogens with one attached hydrogen (secondary N) is 1. The predicted octanol–water partition coefficient (Wildman–Crippen LogP) is 2.58. The van der Waals surface area contributed by atoms with Crippen LogP contribution in [0.25, 0.3) is 0 Å². The number of aromatic nitrogens is 3. The first-order chi connectivity index (χ1) is 20.9. The zero-order valence-electron chi connectivity index (χ0n) is 25.7. The average Bonchev–Trinajstić information content (AvgIpc) is 3.62. The Bertz CT molecular complexity index is 1510. The van der Waals surface area contributed by atoms with Gasteiger partial charge in [-0.25, -0.2) is 0 Å². The number of ether oxygens (including phenoxy) is 2. The van der Waals surface area contributed by atoms with Gasteiger partial charge in [-0.1, -0.05) is 24.3 Å². The van der Waals surface area contributed by atoms with E-state index in [9.17, 15) is 24.6 Å². The Balaban J connectivity index is 1.46. The van der Waals surface area contributed by atoms with Crippen LogP contribution < -0.4 is 15.0 Å². The molecule has 4 N–H and O–H groups in total. The lowest BCUT2D eigenvalue weighted by atomic mass is 9.82. The monoisotopic (exact) mass is 623 g/mol. The van der Waals surface area contributed by atoms with E-state index in [1.54, 1.807) is 35.0 Å². The van der Waals surface area contributed by atoms with E-state index >= 15 is 0 Å². The molecule has 5 rings (SSSR count). The van der Waals surface area contributed by atoms with Crippen molar-refractivity contribution in [1.29, 1.82) is 0 Å². The number of anilines is 2. The molecule has 0 aliphatic carbocycles. The Morgan fingerprint density at radius 3 is 2.59 bits per heavy atom. The normalized spacial score (nSPS) is 23.7. The number of amides is 2. The highest BCUT2D eigenvalue weighted by Crippen LogP contribution is 2.60. The predicted molar refractivity (Wildman–Crippen MR) is 166 cm³/mol. The first-order valence-electron chi connectivity index (χ1n) is 14.9. The van der Waals surface area contributed by atoms with E-state index in [0.717, 1.165) is 11.3 Å². The molecule has 44 heavy (non-hydrogen) atoms. The lowest BCUT2D eigenvalue weighted by molar-refractivity contribution is -0.146. The summed E-state index contributed by atoms with van der Waals surface area (Å²) in [5.41, 5.74) is 1.94. The molecule has 0 bridgehead atoms. The molecule has 1 saturated heterocycles. The van der Waals surface area contributed by atoms with Gasteiger partial charge in [0.05, 0.1) is 31.1 Å². The highest BCUT2D eigenvalue weighted by Gasteiger charge is 2.66. The number of aliphatic hydroxyl groups excluding tert-OH is 2. The van der Waals surface area contributed by atoms with Crippen molar-refractivity contribution in [1.82, 2.24) is 15.0 Å². The topological polar surface area (TPSA) is 159 Å². The molecule has 2 aliphatic heterocycles. The van der Waals surface area contributed by atoms with Gasteiger partial charge < -0.3 is 34.7 Å². The number of carbonyl (C=O) groups is 2. The van der Waals surface area contributed by atoms with Gasteiger partial charge in [-0.2, -0.15) is 0 Å². The minimum atomic E-state index is -2.84. The van der Waals surface area contributed by atoms with Crippen LogP contribution in [0.5, 0.6) is 5.75 Å². The number of aryl methyl sites for hydroxylation is 1. The molecule has 0 unspecified atom stereocenters. The summed E-state index contributed by atoms with van der Waals surface area (Å²) in [5, 5.41) is 29.7. The van der Waals surface area contributed by atoms with Crippen molar-refractivity contribution in [2.75, 3.05) is 23.9 Å². The van der Waals surface area contributed by atoms with Crippen LogP contribution in [-0.2, 0) is 39.4 Å². The minimum Gasteiger partial charge on any atom is -0.497 e. The van der Waals surface area contributed by atoms with Crippen LogP contribution in [0.3, 0.4) is 0 Å². The van der Waals surface area contributed by atoms with Gasteiger partial charge in [0.15, 0.2) is 13.9 Å². The fraction of sp³-hybridized carbons (Fsp3) is 0.484. The van der Waals surface area contributed by atoms with Crippen LogP contribution in [0.1, 0.15) is 37.1 Å². The van der Waals surface area contributed by atoms with Crippen molar-refractivity contribution < 1.29 is 34.1 Å². The number of benzene rings is 2. The maximum atomic E-state index is 14.6. The molecule has 2 aromatic carbocycles. The van der Waals surface area contributed by atoms with Crippen molar-refractivity contribution in [3.63, 3.8) is 0 Å². The summed E-state index contributed by atoms with van der Waals surface area (Å²) in [5.74, 6) is -0.428. The number of aliphatic hydroxyl groups is 2. The Morgan fingerprint density at radius 1 is 1.23 bits per heavy atom. The zero-order chi connectivity index (χ0) is 31.8. The van der Waals surface area contributed by atoms with Gasteiger partial charge in [-0.3, -0.25) is 14.3 Å². The largest absolute Gasteiger partial charge is 0.497 e. The maximum Gasteiger partial charge on any atom is 0.264 e. The summed E-state index contributed by atoms with van der Waals surface area (Å²) in [6.07, 6.45) is 1.19. The van der Waals surface area contributed by atoms with Crippen LogP contribution in [0.4, 0.5) is 11.4 Å². The second kappa shape index (κ2) is 12.4. The molecule has 2 aliphatic rings. The number of fused-ring (bicyclic) bond motifs is 2. The minimum absolute atomic E-state index is 0.0119. The lowest BCUT2D eigenvalue weighted by Crippen LogP contribution is -2.46. The molecular weight excluding hydrogens is 582 g/mol. The molecule has 0 radical (unpaired) electrons. The van der Waals surface area contributed by atoms with Gasteiger partial charge in [0, 0.05) is 48.5 Å². The number of hydrogen-bond acceptors (Lipinski definition) is 9. The van der Waals surface area contributed by atoms with E-state index in [1.807, 2.05) is 50.3 Å². The summed E-state index contributed by atoms with van der Waals surface area (Å²) in [4.78, 5) is 39.8. The van der Waals surface area contributed by atoms with Crippen LogP contribution in [-0.4, -0.2) is 76.1 Å². The van der Waals surface area contributed by atoms with E-state index in [2.05, 4.69) is 15.6 Å². The van der Waals surface area contributed by atoms with Crippen molar-refractivity contribution >= 4 is 31.5 Å². The molecular formula is C31H41N5O7Si. The van der Waals surface area contributed by atoms with Crippen LogP contribution in [0.2, 0.25) is 18.6 Å². The Labute approximate surface area is 257 Å². The van der Waals surface area contributed by atoms with E-state index in [4.69, 9.17) is 9.47 Å². The van der Waals surface area contributed by atoms with Crippen LogP contribution in [0, 0.1) is 5.92 Å². The van der Waals surface area contributed by atoms with Gasteiger partial charge in [0.2, 0.25) is 0 Å². The Morgan fingerprint density at radius 2 is 1.95 bits per heavy atom. The van der Waals surface area contributed by atoms with Crippen molar-refractivity contribution in [2.24, 2.45) is 5.92 Å². The fourth-order valence-electron chi connectivity index (χ4n) is 6.67. The number of hydrogen-bond donors (Lipinski definition) is 4. The Kier molecular flexibility index (Phi) is 8.96. The van der Waals surface area contributed by atoms with Gasteiger partial charge in [-0.15, -0.1) is 5.10 Å². The quantitative estimate of drug-likeness (QED) is 0.236. The molecule has 1 fully saturated rings. The van der Waals surface area contributed by atoms with E-state index < -0.39 is 32.0 Å². The zero-order valence-corrected chi connectivity index (χ0v) is 26.7. The number of methoxy groups -OCH3 is 1. The fourth-order valence-corrected chi connectivity index (χ4v) is 9.27. The molecule has 1 spiro atoms. The molecule has 5 atom stereocenters. The highest BCUT2D eigenvalue weighted by atomic mass is 28.4. The molecule has 1 aromatic heterocycles. The standard InChI is InChI=1S/C31H41N5O7Si/c1-19-28(44(4,5)41)27(12-14-35-18-23(13-15-37)33-34-35)43-31(19)25-16-24(42-3)10-11-26(25)36(30(31)40)17-21-6-8-22(9-7-21)32-29(39)20(2)38/h6-11,16,18-20,27-28,37-38,41H,12-15,17H2,1-5H3,(H,32,39)/t19-,20+,27+,28-,31+/m1/s1. The number of carbonyl (C=O) groups excluding carboxylic acids is 2. The SMILES string of the molecule is COc1ccc2c(c1)[C@]1(O[C@@H](CCn3cc(CCO)nn3)[C@H]([Si](C)(C)O)[C@H]1C)C(=O)N2Cc1ccc(NC(=O)[C@H](C)O)cc1. The summed E-state index contributed by atoms with van der Waals surface area (Å²) in [6.45, 7) is 7.91. The van der Waals surface area contributed by atoms with Crippen molar-refractivity contribution in [2.45, 2.75) is 76.2 Å². The van der Waals surface area contributed by atoms with E-state index in [0.29, 0.717) is 42.1 Å². The van der Waals surface area contributed by atoms with E-state index in [-0.39, 0.29) is 30.5 Å². The summed E-state index contributed by atoms with van der Waals surface area (Å²) in [7, 11) is -1.26. The van der Waals surface area contributed by atoms with Crippen LogP contribution >= 0.6 is 0 Å². The van der Waals surface area contributed by atoms with Gasteiger partial charge in [-0.05, 0) is 62.3 Å². The third kappa shape index (κ3) is 5.89. The smallest absolute Gasteiger partial charge is 0.264 e. The third-order valence-electron chi connectivity index (χ3n) is 8.73. The summed E-state index contributed by atoms with van der Waals surface area (Å²) in [6, 6.07) is 12.7. The number of nitrogens with zero attached hydrogens (tertiary/aromatic N) is 4. The maximum absolute atomic E-state index is 14.6. The molecule has 2 amide bonds. The summed E-state index contributed by atoms with van der Waals surface area (Å²) >= 11 is 0. The molecule has 12 nitrogen and oxygen atoms in total. The van der Waals surface area contributed by atoms with E-state index in [1.165, 1.54) is 6.92 Å². The van der Waals surface area contributed by atoms with Gasteiger partial charge in [0.1, 0.15) is 11.9 Å².